The van der Waals surface area contributed by atoms with E-state index < -0.39 is 0 Å². The molecule has 3 aromatic rings. The molecule has 1 amide bonds. The van der Waals surface area contributed by atoms with E-state index in [4.69, 9.17) is 10.5 Å². The quantitative estimate of drug-likeness (QED) is 0.709. The van der Waals surface area contributed by atoms with Crippen LogP contribution < -0.4 is 11.1 Å². The molecule has 2 heterocycles. The minimum absolute atomic E-state index is 0.0415. The lowest BCUT2D eigenvalue weighted by molar-refractivity contribution is 0.148. The van der Waals surface area contributed by atoms with Crippen LogP contribution in [0.4, 0.5) is 10.5 Å². The fourth-order valence-corrected chi connectivity index (χ4v) is 3.78. The number of hydrogen-bond donors (Lipinski definition) is 2. The zero-order valence-electron chi connectivity index (χ0n) is 14.7. The molecule has 0 bridgehead atoms. The molecule has 26 heavy (non-hydrogen) atoms. The topological polar surface area (TPSA) is 82.2 Å². The lowest BCUT2D eigenvalue weighted by Crippen LogP contribution is -2.36. The van der Waals surface area contributed by atoms with Crippen molar-refractivity contribution in [3.8, 4) is 0 Å². The number of hydrogen-bond acceptors (Lipinski definition) is 4. The fourth-order valence-electron chi connectivity index (χ4n) is 3.78. The van der Waals surface area contributed by atoms with Crippen LogP contribution in [0.1, 0.15) is 23.9 Å². The monoisotopic (exact) mass is 350 g/mol. The number of pyridine rings is 1. The Bertz CT molecular complexity index is 949. The van der Waals surface area contributed by atoms with Gasteiger partial charge >= 0.3 is 6.09 Å². The van der Waals surface area contributed by atoms with Gasteiger partial charge in [0.05, 0.1) is 18.8 Å². The third-order valence-corrected chi connectivity index (χ3v) is 4.84. The van der Waals surface area contributed by atoms with Gasteiger partial charge in [0.15, 0.2) is 0 Å². The number of aromatic nitrogens is 2. The van der Waals surface area contributed by atoms with Crippen molar-refractivity contribution in [2.75, 3.05) is 12.3 Å². The number of nitrogens with two attached hydrogens (primary N) is 1. The van der Waals surface area contributed by atoms with Gasteiger partial charge in [-0.1, -0.05) is 6.07 Å². The molecule has 0 saturated carbocycles. The highest BCUT2D eigenvalue weighted by Gasteiger charge is 2.29. The lowest BCUT2D eigenvalue weighted by Gasteiger charge is -2.14. The Hall–Kier alpha value is -3.02. The first-order valence-electron chi connectivity index (χ1n) is 8.88. The first-order valence-corrected chi connectivity index (χ1v) is 8.88. The van der Waals surface area contributed by atoms with E-state index in [0.29, 0.717) is 13.2 Å². The summed E-state index contributed by atoms with van der Waals surface area (Å²) in [7, 11) is 0. The number of benzene rings is 1. The highest BCUT2D eigenvalue weighted by Crippen LogP contribution is 2.34. The molecule has 0 radical (unpaired) electrons. The second-order valence-corrected chi connectivity index (χ2v) is 6.58. The maximum absolute atomic E-state index is 11.8. The van der Waals surface area contributed by atoms with Crippen molar-refractivity contribution < 1.29 is 9.53 Å². The average Bonchev–Trinajstić information content (AvgIpc) is 3.14. The molecule has 0 fully saturated rings. The number of nitrogens with one attached hydrogen (secondary N) is 1. The van der Waals surface area contributed by atoms with Gasteiger partial charge in [-0.05, 0) is 49.2 Å². The molecular weight excluding hydrogens is 328 g/mol. The maximum atomic E-state index is 11.8. The van der Waals surface area contributed by atoms with Gasteiger partial charge in [-0.15, -0.1) is 0 Å². The number of carbonyl (C=O) groups is 1. The number of nitrogens with zero attached hydrogens (tertiary/aromatic N) is 2. The molecule has 2 aromatic heterocycles. The summed E-state index contributed by atoms with van der Waals surface area (Å²) in [4.78, 5) is 16.3. The van der Waals surface area contributed by atoms with Crippen molar-refractivity contribution in [3.05, 3.63) is 59.5 Å². The van der Waals surface area contributed by atoms with Crippen molar-refractivity contribution in [1.82, 2.24) is 14.9 Å². The molecule has 1 aromatic carbocycles. The van der Waals surface area contributed by atoms with Gasteiger partial charge in [0.2, 0.25) is 0 Å². The average molecular weight is 350 g/mol. The molecule has 0 saturated heterocycles. The zero-order valence-corrected chi connectivity index (χ0v) is 14.7. The molecule has 3 N–H and O–H groups in total. The summed E-state index contributed by atoms with van der Waals surface area (Å²) < 4.78 is 7.32. The van der Waals surface area contributed by atoms with Crippen LogP contribution in [0.15, 0.2) is 42.6 Å². The lowest BCUT2D eigenvalue weighted by atomic mass is 10.1. The summed E-state index contributed by atoms with van der Waals surface area (Å²) >= 11 is 0. The highest BCUT2D eigenvalue weighted by atomic mass is 16.5. The number of fused-ring (bicyclic) bond motifs is 3. The fraction of sp³-hybridized carbons (Fsp3) is 0.300. The Morgan fingerprint density at radius 3 is 3.00 bits per heavy atom. The summed E-state index contributed by atoms with van der Waals surface area (Å²) in [6, 6.07) is 12.0. The van der Waals surface area contributed by atoms with Crippen LogP contribution in [0.5, 0.6) is 0 Å². The molecule has 134 valence electrons. The number of anilines is 1. The Morgan fingerprint density at radius 2 is 2.23 bits per heavy atom. The summed E-state index contributed by atoms with van der Waals surface area (Å²) in [6.45, 7) is 2.87. The molecule has 1 unspecified atom stereocenters. The van der Waals surface area contributed by atoms with E-state index in [-0.39, 0.29) is 12.1 Å². The van der Waals surface area contributed by atoms with Gasteiger partial charge in [-0.3, -0.25) is 4.98 Å². The molecule has 1 aliphatic carbocycles. The minimum atomic E-state index is -0.359. The van der Waals surface area contributed by atoms with Crippen molar-refractivity contribution in [2.24, 2.45) is 0 Å². The van der Waals surface area contributed by atoms with Crippen LogP contribution in [0, 0.1) is 0 Å². The summed E-state index contributed by atoms with van der Waals surface area (Å²) in [5.41, 5.74) is 11.4. The van der Waals surface area contributed by atoms with E-state index in [1.165, 1.54) is 11.3 Å². The first kappa shape index (κ1) is 16.4. The number of alkyl carbamates (subject to hydrolysis) is 1. The molecule has 1 aliphatic rings. The molecule has 6 heteroatoms. The van der Waals surface area contributed by atoms with Crippen LogP contribution in [0.2, 0.25) is 0 Å². The van der Waals surface area contributed by atoms with Gasteiger partial charge in [0, 0.05) is 40.9 Å². The van der Waals surface area contributed by atoms with E-state index >= 15 is 0 Å². The van der Waals surface area contributed by atoms with Crippen molar-refractivity contribution >= 4 is 22.7 Å². The van der Waals surface area contributed by atoms with E-state index in [9.17, 15) is 4.79 Å². The van der Waals surface area contributed by atoms with Gasteiger partial charge < -0.3 is 20.4 Å². The normalized spacial score (nSPS) is 15.8. The standard InChI is InChI=1S/C20H22N4O2/c1-2-26-20(25)23-15-10-17-16-9-13(21)6-7-18(16)24(19(17)11-15)12-14-5-3-4-8-22-14/h3-9,15H,2,10-12,21H2,1H3,(H,23,25). The highest BCUT2D eigenvalue weighted by molar-refractivity contribution is 5.89. The van der Waals surface area contributed by atoms with Crippen LogP contribution in [-0.4, -0.2) is 28.3 Å². The van der Waals surface area contributed by atoms with Crippen LogP contribution in [0.25, 0.3) is 10.9 Å². The van der Waals surface area contributed by atoms with Crippen LogP contribution in [0.3, 0.4) is 0 Å². The predicted octanol–water partition coefficient (Wildman–Crippen LogP) is 2.88. The molecule has 1 atom stereocenters. The first-order chi connectivity index (χ1) is 12.7. The van der Waals surface area contributed by atoms with Crippen molar-refractivity contribution in [1.29, 1.82) is 0 Å². The third kappa shape index (κ3) is 2.98. The number of rotatable bonds is 4. The predicted molar refractivity (Wildman–Crippen MR) is 101 cm³/mol. The largest absolute Gasteiger partial charge is 0.450 e. The molecule has 0 aliphatic heterocycles. The SMILES string of the molecule is CCOC(=O)NC1Cc2c(n(Cc3ccccn3)c3ccc(N)cc23)C1. The molecular formula is C20H22N4O2. The molecule has 6 nitrogen and oxygen atoms in total. The number of nitrogen functional groups attached to an aromatic ring is 1. The van der Waals surface area contributed by atoms with Crippen LogP contribution in [-0.2, 0) is 24.1 Å². The summed E-state index contributed by atoms with van der Waals surface area (Å²) in [5, 5.41) is 4.12. The number of carbonyl (C=O) groups excluding carboxylic acids is 1. The number of ether oxygens (including phenoxy) is 1. The van der Waals surface area contributed by atoms with E-state index in [1.807, 2.05) is 36.5 Å². The van der Waals surface area contributed by atoms with E-state index in [2.05, 4.69) is 20.9 Å². The second-order valence-electron chi connectivity index (χ2n) is 6.58. The Labute approximate surface area is 152 Å². The van der Waals surface area contributed by atoms with E-state index in [0.717, 1.165) is 35.1 Å². The Kier molecular flexibility index (Phi) is 4.24. The van der Waals surface area contributed by atoms with Crippen molar-refractivity contribution in [3.63, 3.8) is 0 Å². The third-order valence-electron chi connectivity index (χ3n) is 4.84. The second kappa shape index (κ2) is 6.71. The van der Waals surface area contributed by atoms with Crippen LogP contribution >= 0.6 is 0 Å². The van der Waals surface area contributed by atoms with Crippen molar-refractivity contribution in [2.45, 2.75) is 32.4 Å². The molecule has 4 rings (SSSR count). The Morgan fingerprint density at radius 1 is 1.35 bits per heavy atom. The van der Waals surface area contributed by atoms with Gasteiger partial charge in [0.25, 0.3) is 0 Å². The summed E-state index contributed by atoms with van der Waals surface area (Å²) in [6.07, 6.45) is 3.01. The van der Waals surface area contributed by atoms with E-state index in [1.54, 1.807) is 6.92 Å². The summed E-state index contributed by atoms with van der Waals surface area (Å²) in [5.74, 6) is 0. The smallest absolute Gasteiger partial charge is 0.407 e. The maximum Gasteiger partial charge on any atom is 0.407 e. The van der Waals surface area contributed by atoms with Gasteiger partial charge in [0.1, 0.15) is 0 Å². The van der Waals surface area contributed by atoms with Gasteiger partial charge in [-0.2, -0.15) is 0 Å². The Balaban J connectivity index is 1.70. The van der Waals surface area contributed by atoms with Gasteiger partial charge in [-0.25, -0.2) is 4.79 Å². The zero-order chi connectivity index (χ0) is 18.1. The molecule has 0 spiro atoms. The number of amides is 1. The minimum Gasteiger partial charge on any atom is -0.450 e.